The standard InChI is InChI=1S/C17H22N2O6S3.Na/c18-27(20,21)17-10-16(28(22,23)24)14(19-11-12-5-4-8-25-12)9-15(17)26-13-6-2-1-3-7-13;/h4-5,8-10,13,19H,1-3,6-7,11H2,(H2,18,20,21)(H,22,23,24);/q;+1/p-1. The number of hydrogen-bond donors (Lipinski definition) is 2. The molecule has 0 aliphatic heterocycles. The largest absolute Gasteiger partial charge is 1.00 e. The fraction of sp³-hybridized carbons (Fsp3) is 0.412. The van der Waals surface area contributed by atoms with Crippen molar-refractivity contribution in [1.29, 1.82) is 0 Å². The minimum absolute atomic E-state index is 0. The van der Waals surface area contributed by atoms with Gasteiger partial charge in [0, 0.05) is 10.1 Å². The van der Waals surface area contributed by atoms with Gasteiger partial charge in [0.1, 0.15) is 15.9 Å². The number of nitrogens with two attached hydrogens (primary N) is 1. The second-order valence-electron chi connectivity index (χ2n) is 6.61. The third-order valence-electron chi connectivity index (χ3n) is 4.50. The van der Waals surface area contributed by atoms with Crippen LogP contribution in [0.2, 0.25) is 0 Å². The molecule has 8 nitrogen and oxygen atoms in total. The predicted molar refractivity (Wildman–Crippen MR) is 105 cm³/mol. The van der Waals surface area contributed by atoms with Crippen LogP contribution in [0.1, 0.15) is 37.9 Å². The maximum atomic E-state index is 12.1. The number of rotatable bonds is 7. The smallest absolute Gasteiger partial charge is 0.744 e. The van der Waals surface area contributed by atoms with Crippen LogP contribution in [-0.4, -0.2) is 26.6 Å². The topological polar surface area (TPSA) is 143 Å². The Morgan fingerprint density at radius 3 is 2.38 bits per heavy atom. The minimum Gasteiger partial charge on any atom is -0.744 e. The Morgan fingerprint density at radius 1 is 1.14 bits per heavy atom. The Kier molecular flexibility index (Phi) is 8.69. The monoisotopic (exact) mass is 468 g/mol. The molecule has 1 aromatic heterocycles. The van der Waals surface area contributed by atoms with Gasteiger partial charge in [0.25, 0.3) is 0 Å². The number of anilines is 1. The van der Waals surface area contributed by atoms with Gasteiger partial charge in [-0.25, -0.2) is 22.0 Å². The summed E-state index contributed by atoms with van der Waals surface area (Å²) in [5, 5.41) is 8.37. The Balaban J connectivity index is 0.00000300. The normalized spacial score (nSPS) is 15.7. The van der Waals surface area contributed by atoms with Crippen LogP contribution in [-0.2, 0) is 26.7 Å². The molecular formula is C17H21N2NaO6S3. The number of hydrogen-bond acceptors (Lipinski definition) is 8. The van der Waals surface area contributed by atoms with Crippen LogP contribution in [0.4, 0.5) is 5.69 Å². The van der Waals surface area contributed by atoms with Crippen molar-refractivity contribution in [3.63, 3.8) is 0 Å². The van der Waals surface area contributed by atoms with Gasteiger partial charge in [-0.05, 0) is 37.1 Å². The Labute approximate surface area is 197 Å². The molecule has 1 heterocycles. The van der Waals surface area contributed by atoms with E-state index in [0.717, 1.165) is 38.2 Å². The van der Waals surface area contributed by atoms with Gasteiger partial charge in [-0.2, -0.15) is 0 Å². The zero-order chi connectivity index (χ0) is 20.4. The molecule has 0 radical (unpaired) electrons. The number of furan rings is 1. The number of primary sulfonamides is 1. The summed E-state index contributed by atoms with van der Waals surface area (Å²) in [6.07, 6.45) is 6.59. The molecule has 0 unspecified atom stereocenters. The molecule has 1 aliphatic rings. The average molecular weight is 469 g/mol. The van der Waals surface area contributed by atoms with Crippen LogP contribution in [0.15, 0.2) is 49.6 Å². The molecule has 29 heavy (non-hydrogen) atoms. The van der Waals surface area contributed by atoms with Crippen molar-refractivity contribution in [3.05, 3.63) is 36.3 Å². The Morgan fingerprint density at radius 2 is 1.83 bits per heavy atom. The first-order valence-electron chi connectivity index (χ1n) is 8.74. The van der Waals surface area contributed by atoms with Crippen molar-refractivity contribution in [2.24, 2.45) is 5.14 Å². The van der Waals surface area contributed by atoms with Crippen LogP contribution in [0.5, 0.6) is 0 Å². The molecule has 0 saturated heterocycles. The molecule has 0 spiro atoms. The van der Waals surface area contributed by atoms with Crippen LogP contribution in [0.3, 0.4) is 0 Å². The fourth-order valence-corrected chi connectivity index (χ4v) is 6.30. The predicted octanol–water partition coefficient (Wildman–Crippen LogP) is -0.128. The average Bonchev–Trinajstić information content (AvgIpc) is 3.12. The first-order valence-corrected chi connectivity index (χ1v) is 12.6. The number of thioether (sulfide) groups is 1. The third kappa shape index (κ3) is 6.73. The fourth-order valence-electron chi connectivity index (χ4n) is 3.16. The summed E-state index contributed by atoms with van der Waals surface area (Å²) in [5.41, 5.74) is 0.0251. The van der Waals surface area contributed by atoms with E-state index in [0.29, 0.717) is 10.7 Å². The molecule has 0 bridgehead atoms. The van der Waals surface area contributed by atoms with Crippen LogP contribution < -0.4 is 40.0 Å². The van der Waals surface area contributed by atoms with E-state index >= 15 is 0 Å². The minimum atomic E-state index is -4.93. The molecule has 1 aromatic carbocycles. The molecule has 2 aromatic rings. The molecule has 1 saturated carbocycles. The van der Waals surface area contributed by atoms with E-state index < -0.39 is 25.0 Å². The SMILES string of the molecule is NS(=O)(=O)c1cc(S(=O)(=O)[O-])c(NCc2ccco2)cc1SC1CCCCC1.[Na+]. The van der Waals surface area contributed by atoms with Gasteiger partial charge in [0.05, 0.1) is 28.3 Å². The number of benzene rings is 1. The van der Waals surface area contributed by atoms with E-state index in [4.69, 9.17) is 9.56 Å². The van der Waals surface area contributed by atoms with E-state index in [1.807, 2.05) is 0 Å². The quantitative estimate of drug-likeness (QED) is 0.423. The van der Waals surface area contributed by atoms with Crippen molar-refractivity contribution in [3.8, 4) is 0 Å². The summed E-state index contributed by atoms with van der Waals surface area (Å²) in [6, 6.07) is 5.60. The maximum Gasteiger partial charge on any atom is 1.00 e. The zero-order valence-electron chi connectivity index (χ0n) is 16.0. The van der Waals surface area contributed by atoms with E-state index in [9.17, 15) is 21.4 Å². The van der Waals surface area contributed by atoms with Crippen LogP contribution >= 0.6 is 11.8 Å². The Bertz CT molecular complexity index is 1030. The number of nitrogens with one attached hydrogen (secondary N) is 1. The number of sulfonamides is 1. The van der Waals surface area contributed by atoms with E-state index in [1.165, 1.54) is 24.1 Å². The van der Waals surface area contributed by atoms with Crippen LogP contribution in [0.25, 0.3) is 0 Å². The first-order chi connectivity index (χ1) is 13.1. The maximum absolute atomic E-state index is 12.1. The Hall–Kier alpha value is -0.530. The van der Waals surface area contributed by atoms with Gasteiger partial charge in [0.2, 0.25) is 10.0 Å². The molecule has 3 N–H and O–H groups in total. The van der Waals surface area contributed by atoms with Crippen molar-refractivity contribution in [2.45, 2.75) is 58.6 Å². The second kappa shape index (κ2) is 10.2. The zero-order valence-corrected chi connectivity index (χ0v) is 20.4. The third-order valence-corrected chi connectivity index (χ3v) is 7.85. The van der Waals surface area contributed by atoms with Gasteiger partial charge < -0.3 is 14.3 Å². The summed E-state index contributed by atoms with van der Waals surface area (Å²) in [5.74, 6) is 0.534. The van der Waals surface area contributed by atoms with Crippen LogP contribution in [0, 0.1) is 0 Å². The van der Waals surface area contributed by atoms with Gasteiger partial charge in [0.15, 0.2) is 0 Å². The summed E-state index contributed by atoms with van der Waals surface area (Å²) in [7, 11) is -9.14. The summed E-state index contributed by atoms with van der Waals surface area (Å²) in [6.45, 7) is 0.137. The molecule has 0 amide bonds. The molecule has 154 valence electrons. The summed E-state index contributed by atoms with van der Waals surface area (Å²) in [4.78, 5) is -0.666. The van der Waals surface area contributed by atoms with E-state index in [-0.39, 0.29) is 51.9 Å². The van der Waals surface area contributed by atoms with Crippen molar-refractivity contribution < 1.29 is 55.4 Å². The molecule has 3 rings (SSSR count). The van der Waals surface area contributed by atoms with Crippen molar-refractivity contribution in [1.82, 2.24) is 0 Å². The molecule has 1 aliphatic carbocycles. The van der Waals surface area contributed by atoms with Crippen molar-refractivity contribution >= 4 is 37.6 Å². The van der Waals surface area contributed by atoms with Gasteiger partial charge in [-0.1, -0.05) is 19.3 Å². The molecule has 1 fully saturated rings. The summed E-state index contributed by atoms with van der Waals surface area (Å²) >= 11 is 1.36. The van der Waals surface area contributed by atoms with Gasteiger partial charge in [-0.3, -0.25) is 0 Å². The van der Waals surface area contributed by atoms with Gasteiger partial charge >= 0.3 is 29.6 Å². The van der Waals surface area contributed by atoms with Gasteiger partial charge in [-0.15, -0.1) is 11.8 Å². The molecular weight excluding hydrogens is 447 g/mol. The van der Waals surface area contributed by atoms with E-state index in [1.54, 1.807) is 12.1 Å². The van der Waals surface area contributed by atoms with E-state index in [2.05, 4.69) is 5.32 Å². The molecule has 12 heteroatoms. The second-order valence-corrected chi connectivity index (χ2v) is 10.8. The van der Waals surface area contributed by atoms with Crippen molar-refractivity contribution in [2.75, 3.05) is 5.32 Å². The first kappa shape index (κ1) is 24.7. The molecule has 0 atom stereocenters. The summed E-state index contributed by atoms with van der Waals surface area (Å²) < 4.78 is 64.5.